The number of ether oxygens (including phenoxy) is 1. The first-order valence-electron chi connectivity index (χ1n) is 4.96. The summed E-state index contributed by atoms with van der Waals surface area (Å²) in [5.41, 5.74) is 0.778. The van der Waals surface area contributed by atoms with Crippen LogP contribution in [0.2, 0.25) is 5.02 Å². The number of nitrogens with zero attached hydrogens (tertiary/aromatic N) is 1. The zero-order valence-corrected chi connectivity index (χ0v) is 9.95. The van der Waals surface area contributed by atoms with Gasteiger partial charge >= 0.3 is 5.97 Å². The Bertz CT molecular complexity index is 491. The molecule has 0 atom stereocenters. The van der Waals surface area contributed by atoms with Crippen molar-refractivity contribution in [1.82, 2.24) is 0 Å². The van der Waals surface area contributed by atoms with Gasteiger partial charge in [-0.1, -0.05) is 17.7 Å². The largest absolute Gasteiger partial charge is 0.466 e. The Hall–Kier alpha value is -1.86. The number of carbonyl (C=O) groups is 2. The molecule has 0 N–H and O–H groups in total. The fourth-order valence-electron chi connectivity index (χ4n) is 1.35. The maximum Gasteiger partial charge on any atom is 0.310 e. The SMILES string of the molecule is CCOC(=O)Cc1ccc(C#N)c(C=O)c1Cl. The summed E-state index contributed by atoms with van der Waals surface area (Å²) in [5.74, 6) is -0.420. The average Bonchev–Trinajstić information content (AvgIpc) is 2.31. The maximum atomic E-state index is 11.3. The monoisotopic (exact) mass is 251 g/mol. The Kier molecular flexibility index (Phi) is 4.68. The van der Waals surface area contributed by atoms with Gasteiger partial charge in [0.05, 0.1) is 35.2 Å². The van der Waals surface area contributed by atoms with Gasteiger partial charge in [-0.2, -0.15) is 5.26 Å². The van der Waals surface area contributed by atoms with Crippen molar-refractivity contribution in [3.05, 3.63) is 33.8 Å². The van der Waals surface area contributed by atoms with E-state index >= 15 is 0 Å². The van der Waals surface area contributed by atoms with Crippen LogP contribution in [0.15, 0.2) is 12.1 Å². The molecule has 0 saturated heterocycles. The molecule has 0 bridgehead atoms. The van der Waals surface area contributed by atoms with Crippen LogP contribution in [0.5, 0.6) is 0 Å². The van der Waals surface area contributed by atoms with Gasteiger partial charge in [0.2, 0.25) is 0 Å². The minimum absolute atomic E-state index is 0.0147. The predicted molar refractivity (Wildman–Crippen MR) is 61.9 cm³/mol. The molecule has 0 fully saturated rings. The van der Waals surface area contributed by atoms with Crippen LogP contribution in [0, 0.1) is 11.3 Å². The van der Waals surface area contributed by atoms with Crippen molar-refractivity contribution in [2.45, 2.75) is 13.3 Å². The van der Waals surface area contributed by atoms with E-state index in [-0.39, 0.29) is 29.2 Å². The molecule has 0 unspecified atom stereocenters. The predicted octanol–water partition coefficient (Wildman–Crippen LogP) is 2.13. The van der Waals surface area contributed by atoms with Crippen molar-refractivity contribution in [3.63, 3.8) is 0 Å². The van der Waals surface area contributed by atoms with Crippen molar-refractivity contribution < 1.29 is 14.3 Å². The molecule has 1 aromatic rings. The highest BCUT2D eigenvalue weighted by atomic mass is 35.5. The molecule has 0 heterocycles. The number of benzene rings is 1. The van der Waals surface area contributed by atoms with Crippen molar-refractivity contribution in [1.29, 1.82) is 5.26 Å². The Balaban J connectivity index is 3.08. The van der Waals surface area contributed by atoms with Gasteiger partial charge in [0, 0.05) is 0 Å². The van der Waals surface area contributed by atoms with Gasteiger partial charge in [-0.25, -0.2) is 0 Å². The summed E-state index contributed by atoms with van der Waals surface area (Å²) in [7, 11) is 0. The smallest absolute Gasteiger partial charge is 0.310 e. The highest BCUT2D eigenvalue weighted by Crippen LogP contribution is 2.23. The maximum absolute atomic E-state index is 11.3. The topological polar surface area (TPSA) is 67.2 Å². The first-order chi connectivity index (χ1) is 8.13. The molecule has 0 saturated carbocycles. The van der Waals surface area contributed by atoms with Crippen LogP contribution >= 0.6 is 11.6 Å². The molecule has 0 amide bonds. The van der Waals surface area contributed by atoms with Crippen molar-refractivity contribution >= 4 is 23.9 Å². The number of hydrogen-bond acceptors (Lipinski definition) is 4. The number of rotatable bonds is 4. The molecule has 0 spiro atoms. The van der Waals surface area contributed by atoms with E-state index in [1.807, 2.05) is 6.07 Å². The zero-order valence-electron chi connectivity index (χ0n) is 9.20. The van der Waals surface area contributed by atoms with Gasteiger partial charge in [0.1, 0.15) is 0 Å². The number of hydrogen-bond donors (Lipinski definition) is 0. The second-order valence-electron chi connectivity index (χ2n) is 3.21. The molecule has 0 aliphatic carbocycles. The molecule has 1 aromatic carbocycles. The van der Waals surface area contributed by atoms with E-state index in [4.69, 9.17) is 21.6 Å². The second kappa shape index (κ2) is 6.02. The van der Waals surface area contributed by atoms with E-state index in [0.717, 1.165) is 0 Å². The number of aldehydes is 1. The van der Waals surface area contributed by atoms with E-state index in [1.54, 1.807) is 13.0 Å². The van der Waals surface area contributed by atoms with E-state index in [1.165, 1.54) is 6.07 Å². The van der Waals surface area contributed by atoms with Gasteiger partial charge in [0.25, 0.3) is 0 Å². The molecule has 1 rings (SSSR count). The van der Waals surface area contributed by atoms with Gasteiger partial charge in [-0.3, -0.25) is 9.59 Å². The normalized spacial score (nSPS) is 9.47. The molecule has 0 radical (unpaired) electrons. The number of carbonyl (C=O) groups excluding carboxylic acids is 2. The van der Waals surface area contributed by atoms with Crippen molar-refractivity contribution in [3.8, 4) is 6.07 Å². The molecule has 17 heavy (non-hydrogen) atoms. The van der Waals surface area contributed by atoms with E-state index in [0.29, 0.717) is 11.8 Å². The molecular weight excluding hydrogens is 242 g/mol. The lowest BCUT2D eigenvalue weighted by atomic mass is 10.0. The summed E-state index contributed by atoms with van der Waals surface area (Å²) in [6, 6.07) is 4.87. The Morgan fingerprint density at radius 3 is 2.82 bits per heavy atom. The van der Waals surface area contributed by atoms with Crippen molar-refractivity contribution in [2.24, 2.45) is 0 Å². The first-order valence-corrected chi connectivity index (χ1v) is 5.34. The third-order valence-corrected chi connectivity index (χ3v) is 2.58. The van der Waals surface area contributed by atoms with Gasteiger partial charge in [0.15, 0.2) is 6.29 Å². The number of nitriles is 1. The average molecular weight is 252 g/mol. The fraction of sp³-hybridized carbons (Fsp3) is 0.250. The fourth-order valence-corrected chi connectivity index (χ4v) is 1.63. The van der Waals surface area contributed by atoms with Crippen LogP contribution in [0.1, 0.15) is 28.4 Å². The highest BCUT2D eigenvalue weighted by Gasteiger charge is 2.14. The second-order valence-corrected chi connectivity index (χ2v) is 3.59. The lowest BCUT2D eigenvalue weighted by Gasteiger charge is -2.07. The first kappa shape index (κ1) is 13.2. The summed E-state index contributed by atoms with van der Waals surface area (Å²) in [6.45, 7) is 1.99. The summed E-state index contributed by atoms with van der Waals surface area (Å²) in [6.07, 6.45) is 0.495. The van der Waals surface area contributed by atoms with Crippen LogP contribution < -0.4 is 0 Å². The lowest BCUT2D eigenvalue weighted by molar-refractivity contribution is -0.142. The minimum Gasteiger partial charge on any atom is -0.466 e. The van der Waals surface area contributed by atoms with Crippen LogP contribution in [-0.2, 0) is 16.0 Å². The van der Waals surface area contributed by atoms with Gasteiger partial charge in [-0.15, -0.1) is 0 Å². The molecular formula is C12H10ClNO3. The Labute approximate surface area is 104 Å². The van der Waals surface area contributed by atoms with Crippen LogP contribution in [0.25, 0.3) is 0 Å². The minimum atomic E-state index is -0.420. The van der Waals surface area contributed by atoms with Crippen LogP contribution in [0.4, 0.5) is 0 Å². The third kappa shape index (κ3) is 3.05. The standard InChI is InChI=1S/C12H10ClNO3/c1-2-17-11(16)5-8-3-4-9(6-14)10(7-15)12(8)13/h3-4,7H,2,5H2,1H3. The highest BCUT2D eigenvalue weighted by molar-refractivity contribution is 6.34. The molecule has 5 heteroatoms. The molecule has 0 aromatic heterocycles. The van der Waals surface area contributed by atoms with Crippen molar-refractivity contribution in [2.75, 3.05) is 6.61 Å². The van der Waals surface area contributed by atoms with Gasteiger partial charge in [-0.05, 0) is 18.6 Å². The van der Waals surface area contributed by atoms with E-state index in [2.05, 4.69) is 0 Å². The number of esters is 1. The summed E-state index contributed by atoms with van der Waals surface area (Å²) >= 11 is 5.95. The lowest BCUT2D eigenvalue weighted by Crippen LogP contribution is -2.08. The Morgan fingerprint density at radius 1 is 1.59 bits per heavy atom. The zero-order chi connectivity index (χ0) is 12.8. The van der Waals surface area contributed by atoms with Gasteiger partial charge < -0.3 is 4.74 Å². The van der Waals surface area contributed by atoms with Crippen LogP contribution in [-0.4, -0.2) is 18.9 Å². The number of halogens is 1. The quantitative estimate of drug-likeness (QED) is 0.607. The van der Waals surface area contributed by atoms with E-state index in [9.17, 15) is 9.59 Å². The third-order valence-electron chi connectivity index (χ3n) is 2.14. The summed E-state index contributed by atoms with van der Waals surface area (Å²) < 4.78 is 4.78. The van der Waals surface area contributed by atoms with Crippen LogP contribution in [0.3, 0.4) is 0 Å². The van der Waals surface area contributed by atoms with E-state index < -0.39 is 5.97 Å². The summed E-state index contributed by atoms with van der Waals surface area (Å²) in [4.78, 5) is 22.1. The summed E-state index contributed by atoms with van der Waals surface area (Å²) in [5, 5.41) is 8.90. The molecule has 4 nitrogen and oxygen atoms in total. The molecule has 0 aliphatic rings. The molecule has 88 valence electrons. The Morgan fingerprint density at radius 2 is 2.29 bits per heavy atom. The molecule has 0 aliphatic heterocycles.